The summed E-state index contributed by atoms with van der Waals surface area (Å²) in [6.45, 7) is 4.04. The van der Waals surface area contributed by atoms with E-state index in [0.29, 0.717) is 18.5 Å². The average Bonchev–Trinajstić information content (AvgIpc) is 1.82. The fourth-order valence-electron chi connectivity index (χ4n) is 0.439. The van der Waals surface area contributed by atoms with Crippen molar-refractivity contribution in [3.8, 4) is 0 Å². The molecule has 0 aromatic rings. The van der Waals surface area contributed by atoms with Crippen molar-refractivity contribution in [1.82, 2.24) is 0 Å². The Balaban J connectivity index is 0. The highest BCUT2D eigenvalue weighted by Crippen LogP contribution is 1.98. The number of hydrogen-bond donors (Lipinski definition) is 2. The molecule has 4 heteroatoms. The molecule has 0 saturated heterocycles. The van der Waals surface area contributed by atoms with Gasteiger partial charge in [0.1, 0.15) is 0 Å². The number of carbonyl (C=O) groups excluding carboxylic acids is 1. The van der Waals surface area contributed by atoms with Crippen molar-refractivity contribution in [1.29, 1.82) is 0 Å². The molecule has 0 aliphatic carbocycles. The van der Waals surface area contributed by atoms with Gasteiger partial charge in [0.05, 0.1) is 0 Å². The zero-order valence-corrected chi connectivity index (χ0v) is 6.62. The first kappa shape index (κ1) is 12.2. The van der Waals surface area contributed by atoms with Crippen LogP contribution in [0.5, 0.6) is 0 Å². The van der Waals surface area contributed by atoms with Crippen LogP contribution in [0, 0.1) is 0 Å². The van der Waals surface area contributed by atoms with Gasteiger partial charge in [0, 0.05) is 5.57 Å². The molecule has 0 saturated carbocycles. The van der Waals surface area contributed by atoms with Crippen LogP contribution in [0.4, 0.5) is 0 Å². The number of primary amides is 1. The maximum absolute atomic E-state index is 10.3. The SMILES string of the molecule is C=C(CCCN)C(N)=O.Cl. The molecule has 0 rings (SSSR count). The molecular formula is C6H13ClN2O. The first-order chi connectivity index (χ1) is 4.18. The van der Waals surface area contributed by atoms with Gasteiger partial charge in [0.2, 0.25) is 5.91 Å². The van der Waals surface area contributed by atoms with Crippen LogP contribution in [-0.2, 0) is 4.79 Å². The van der Waals surface area contributed by atoms with Crippen molar-refractivity contribution < 1.29 is 4.79 Å². The van der Waals surface area contributed by atoms with E-state index in [9.17, 15) is 4.79 Å². The highest BCUT2D eigenvalue weighted by molar-refractivity contribution is 5.91. The fraction of sp³-hybridized carbons (Fsp3) is 0.500. The van der Waals surface area contributed by atoms with Crippen LogP contribution in [0.2, 0.25) is 0 Å². The van der Waals surface area contributed by atoms with Gasteiger partial charge in [-0.15, -0.1) is 12.4 Å². The Morgan fingerprint density at radius 3 is 2.30 bits per heavy atom. The summed E-state index contributed by atoms with van der Waals surface area (Å²) >= 11 is 0. The predicted octanol–water partition coefficient (Wildman–Crippen LogP) is 0.189. The summed E-state index contributed by atoms with van der Waals surface area (Å²) in [4.78, 5) is 10.3. The van der Waals surface area contributed by atoms with Crippen molar-refractivity contribution >= 4 is 18.3 Å². The molecule has 0 fully saturated rings. The molecule has 0 radical (unpaired) electrons. The lowest BCUT2D eigenvalue weighted by Crippen LogP contribution is -2.13. The fourth-order valence-corrected chi connectivity index (χ4v) is 0.439. The number of carbonyl (C=O) groups is 1. The van der Waals surface area contributed by atoms with Crippen LogP contribution in [0.15, 0.2) is 12.2 Å². The van der Waals surface area contributed by atoms with E-state index < -0.39 is 5.91 Å². The van der Waals surface area contributed by atoms with E-state index in [0.717, 1.165) is 6.42 Å². The van der Waals surface area contributed by atoms with E-state index in [1.54, 1.807) is 0 Å². The number of rotatable bonds is 4. The predicted molar refractivity (Wildman–Crippen MR) is 43.9 cm³/mol. The van der Waals surface area contributed by atoms with Crippen LogP contribution in [0.3, 0.4) is 0 Å². The van der Waals surface area contributed by atoms with Crippen LogP contribution < -0.4 is 11.5 Å². The van der Waals surface area contributed by atoms with Crippen molar-refractivity contribution in [3.05, 3.63) is 12.2 Å². The lowest BCUT2D eigenvalue weighted by atomic mass is 10.1. The van der Waals surface area contributed by atoms with Crippen LogP contribution in [-0.4, -0.2) is 12.5 Å². The maximum Gasteiger partial charge on any atom is 0.244 e. The van der Waals surface area contributed by atoms with Gasteiger partial charge in [0.25, 0.3) is 0 Å². The molecule has 10 heavy (non-hydrogen) atoms. The maximum atomic E-state index is 10.3. The van der Waals surface area contributed by atoms with Gasteiger partial charge in [-0.05, 0) is 19.4 Å². The quantitative estimate of drug-likeness (QED) is 0.583. The Bertz CT molecular complexity index is 125. The number of halogens is 1. The summed E-state index contributed by atoms with van der Waals surface area (Å²) in [6.07, 6.45) is 1.40. The monoisotopic (exact) mass is 164 g/mol. The van der Waals surface area contributed by atoms with Crippen molar-refractivity contribution in [2.75, 3.05) is 6.54 Å². The van der Waals surface area contributed by atoms with Gasteiger partial charge in [-0.25, -0.2) is 0 Å². The second kappa shape index (κ2) is 6.58. The molecule has 0 unspecified atom stereocenters. The molecule has 0 aromatic carbocycles. The Morgan fingerprint density at radius 1 is 1.50 bits per heavy atom. The molecule has 4 N–H and O–H groups in total. The summed E-state index contributed by atoms with van der Waals surface area (Å²) in [5, 5.41) is 0. The summed E-state index contributed by atoms with van der Waals surface area (Å²) in [6, 6.07) is 0. The van der Waals surface area contributed by atoms with Crippen LogP contribution in [0.25, 0.3) is 0 Å². The standard InChI is InChI=1S/C6H12N2O.ClH/c1-5(6(8)9)3-2-4-7;/h1-4,7H2,(H2,8,9);1H. The number of hydrogen-bond acceptors (Lipinski definition) is 2. The molecule has 0 aliphatic rings. The third-order valence-electron chi connectivity index (χ3n) is 1.03. The van der Waals surface area contributed by atoms with E-state index in [2.05, 4.69) is 6.58 Å². The van der Waals surface area contributed by atoms with Crippen LogP contribution >= 0.6 is 12.4 Å². The van der Waals surface area contributed by atoms with E-state index >= 15 is 0 Å². The molecule has 3 nitrogen and oxygen atoms in total. The van der Waals surface area contributed by atoms with E-state index in [1.807, 2.05) is 0 Å². The van der Waals surface area contributed by atoms with Gasteiger partial charge < -0.3 is 11.5 Å². The molecule has 0 heterocycles. The normalized spacial score (nSPS) is 8.10. The Labute approximate surface area is 66.9 Å². The second-order valence-electron chi connectivity index (χ2n) is 1.86. The Kier molecular flexibility index (Phi) is 8.00. The van der Waals surface area contributed by atoms with Gasteiger partial charge in [0.15, 0.2) is 0 Å². The molecule has 0 bridgehead atoms. The highest BCUT2D eigenvalue weighted by Gasteiger charge is 1.98. The molecule has 0 aromatic heterocycles. The molecular weight excluding hydrogens is 152 g/mol. The second-order valence-corrected chi connectivity index (χ2v) is 1.86. The third kappa shape index (κ3) is 5.59. The van der Waals surface area contributed by atoms with Gasteiger partial charge in [-0.1, -0.05) is 6.58 Å². The summed E-state index contributed by atoms with van der Waals surface area (Å²) in [7, 11) is 0. The minimum atomic E-state index is -0.427. The molecule has 0 atom stereocenters. The first-order valence-electron chi connectivity index (χ1n) is 2.86. The number of nitrogens with two attached hydrogens (primary N) is 2. The first-order valence-corrected chi connectivity index (χ1v) is 2.86. The van der Waals surface area contributed by atoms with Crippen molar-refractivity contribution in [3.63, 3.8) is 0 Å². The largest absolute Gasteiger partial charge is 0.366 e. The smallest absolute Gasteiger partial charge is 0.244 e. The lowest BCUT2D eigenvalue weighted by molar-refractivity contribution is -0.114. The van der Waals surface area contributed by atoms with Gasteiger partial charge >= 0.3 is 0 Å². The third-order valence-corrected chi connectivity index (χ3v) is 1.03. The molecule has 0 spiro atoms. The van der Waals surface area contributed by atoms with E-state index in [1.165, 1.54) is 0 Å². The molecule has 1 amide bonds. The van der Waals surface area contributed by atoms with E-state index in [4.69, 9.17) is 11.5 Å². The average molecular weight is 165 g/mol. The lowest BCUT2D eigenvalue weighted by Gasteiger charge is -1.96. The van der Waals surface area contributed by atoms with Gasteiger partial charge in [-0.2, -0.15) is 0 Å². The zero-order valence-electron chi connectivity index (χ0n) is 5.80. The molecule has 0 aliphatic heterocycles. The minimum Gasteiger partial charge on any atom is -0.366 e. The van der Waals surface area contributed by atoms with Gasteiger partial charge in [-0.3, -0.25) is 4.79 Å². The summed E-state index contributed by atoms with van der Waals surface area (Å²) in [5.41, 5.74) is 10.5. The number of amides is 1. The topological polar surface area (TPSA) is 69.1 Å². The molecule has 60 valence electrons. The summed E-state index contributed by atoms with van der Waals surface area (Å²) < 4.78 is 0. The Hall–Kier alpha value is -0.540. The van der Waals surface area contributed by atoms with Crippen molar-refractivity contribution in [2.24, 2.45) is 11.5 Å². The Morgan fingerprint density at radius 2 is 2.00 bits per heavy atom. The minimum absolute atomic E-state index is 0. The van der Waals surface area contributed by atoms with E-state index in [-0.39, 0.29) is 12.4 Å². The summed E-state index contributed by atoms with van der Waals surface area (Å²) in [5.74, 6) is -0.427. The zero-order chi connectivity index (χ0) is 7.28. The highest BCUT2D eigenvalue weighted by atomic mass is 35.5. The van der Waals surface area contributed by atoms with Crippen molar-refractivity contribution in [2.45, 2.75) is 12.8 Å². The van der Waals surface area contributed by atoms with Crippen LogP contribution in [0.1, 0.15) is 12.8 Å².